The highest BCUT2D eigenvalue weighted by atomic mass is 79.9. The SMILES string of the molecule is N#Cc1cccc(Br)c1NC1=CC(=O)N(C2CC2)C1. The van der Waals surface area contributed by atoms with Crippen LogP contribution in [-0.4, -0.2) is 23.4 Å². The lowest BCUT2D eigenvalue weighted by Crippen LogP contribution is -2.28. The number of benzene rings is 1. The summed E-state index contributed by atoms with van der Waals surface area (Å²) >= 11 is 3.43. The standard InChI is InChI=1S/C14H12BrN3O/c15-12-3-1-2-9(7-16)14(12)17-10-6-13(19)18(8-10)11-4-5-11/h1-3,6,11,17H,4-5,8H2. The topological polar surface area (TPSA) is 56.1 Å². The van der Waals surface area contributed by atoms with Crippen molar-refractivity contribution >= 4 is 27.5 Å². The van der Waals surface area contributed by atoms with E-state index in [4.69, 9.17) is 5.26 Å². The second-order valence-corrected chi connectivity index (χ2v) is 5.62. The van der Waals surface area contributed by atoms with Crippen molar-refractivity contribution in [1.29, 1.82) is 5.26 Å². The van der Waals surface area contributed by atoms with Gasteiger partial charge in [0.1, 0.15) is 6.07 Å². The van der Waals surface area contributed by atoms with Gasteiger partial charge in [-0.2, -0.15) is 5.26 Å². The van der Waals surface area contributed by atoms with Crippen LogP contribution in [0.3, 0.4) is 0 Å². The number of hydrogen-bond donors (Lipinski definition) is 1. The van der Waals surface area contributed by atoms with Gasteiger partial charge < -0.3 is 10.2 Å². The van der Waals surface area contributed by atoms with Gasteiger partial charge in [-0.3, -0.25) is 4.79 Å². The molecule has 0 saturated heterocycles. The number of carbonyl (C=O) groups is 1. The van der Waals surface area contributed by atoms with Gasteiger partial charge in [0.05, 0.1) is 17.8 Å². The summed E-state index contributed by atoms with van der Waals surface area (Å²) in [6.45, 7) is 0.607. The molecule has 0 aromatic heterocycles. The number of nitrogens with one attached hydrogen (secondary N) is 1. The van der Waals surface area contributed by atoms with Crippen molar-refractivity contribution in [1.82, 2.24) is 4.90 Å². The number of rotatable bonds is 3. The first-order valence-corrected chi connectivity index (χ1v) is 6.95. The van der Waals surface area contributed by atoms with Gasteiger partial charge in [0.15, 0.2) is 0 Å². The fourth-order valence-electron chi connectivity index (χ4n) is 2.21. The van der Waals surface area contributed by atoms with Crippen LogP contribution in [0.15, 0.2) is 34.4 Å². The molecular formula is C14H12BrN3O. The zero-order valence-electron chi connectivity index (χ0n) is 10.2. The molecule has 1 saturated carbocycles. The Morgan fingerprint density at radius 3 is 2.89 bits per heavy atom. The zero-order chi connectivity index (χ0) is 13.4. The lowest BCUT2D eigenvalue weighted by Gasteiger charge is -2.16. The van der Waals surface area contributed by atoms with Gasteiger partial charge in [0, 0.05) is 22.3 Å². The molecule has 1 aromatic carbocycles. The highest BCUT2D eigenvalue weighted by Gasteiger charge is 2.35. The summed E-state index contributed by atoms with van der Waals surface area (Å²) in [4.78, 5) is 13.7. The van der Waals surface area contributed by atoms with Gasteiger partial charge in [0.25, 0.3) is 0 Å². The molecule has 2 aliphatic rings. The van der Waals surface area contributed by atoms with Crippen molar-refractivity contribution in [2.24, 2.45) is 0 Å². The maximum absolute atomic E-state index is 11.8. The van der Waals surface area contributed by atoms with Crippen molar-refractivity contribution in [3.8, 4) is 6.07 Å². The van der Waals surface area contributed by atoms with Crippen LogP contribution in [0.25, 0.3) is 0 Å². The van der Waals surface area contributed by atoms with Crippen LogP contribution >= 0.6 is 15.9 Å². The van der Waals surface area contributed by atoms with Gasteiger partial charge in [-0.05, 0) is 40.9 Å². The van der Waals surface area contributed by atoms with Crippen LogP contribution in [0.2, 0.25) is 0 Å². The van der Waals surface area contributed by atoms with Gasteiger partial charge in [-0.15, -0.1) is 0 Å². The lowest BCUT2D eigenvalue weighted by atomic mass is 10.2. The monoisotopic (exact) mass is 317 g/mol. The minimum Gasteiger partial charge on any atom is -0.355 e. The summed E-state index contributed by atoms with van der Waals surface area (Å²) in [5, 5.41) is 12.3. The van der Waals surface area contributed by atoms with Crippen molar-refractivity contribution in [2.75, 3.05) is 11.9 Å². The highest BCUT2D eigenvalue weighted by molar-refractivity contribution is 9.10. The molecule has 4 nitrogen and oxygen atoms in total. The molecule has 0 radical (unpaired) electrons. The molecule has 1 aromatic rings. The first kappa shape index (κ1) is 12.2. The largest absolute Gasteiger partial charge is 0.355 e. The smallest absolute Gasteiger partial charge is 0.248 e. The van der Waals surface area contributed by atoms with Gasteiger partial charge in [-0.1, -0.05) is 6.07 Å². The first-order valence-electron chi connectivity index (χ1n) is 6.16. The highest BCUT2D eigenvalue weighted by Crippen LogP contribution is 2.32. The molecule has 1 heterocycles. The first-order chi connectivity index (χ1) is 9.19. The zero-order valence-corrected chi connectivity index (χ0v) is 11.8. The third-order valence-electron chi connectivity index (χ3n) is 3.33. The summed E-state index contributed by atoms with van der Waals surface area (Å²) in [5.41, 5.74) is 2.13. The molecule has 1 amide bonds. The van der Waals surface area contributed by atoms with E-state index in [1.807, 2.05) is 17.0 Å². The fourth-order valence-corrected chi connectivity index (χ4v) is 2.68. The average molecular weight is 318 g/mol. The Balaban J connectivity index is 1.81. The van der Waals surface area contributed by atoms with Crippen LogP contribution < -0.4 is 5.32 Å². The van der Waals surface area contributed by atoms with E-state index >= 15 is 0 Å². The maximum Gasteiger partial charge on any atom is 0.248 e. The Kier molecular flexibility index (Phi) is 3.03. The fraction of sp³-hybridized carbons (Fsp3) is 0.286. The van der Waals surface area contributed by atoms with Crippen molar-refractivity contribution in [3.05, 3.63) is 40.0 Å². The minimum atomic E-state index is 0.0653. The third kappa shape index (κ3) is 2.36. The molecule has 3 rings (SSSR count). The predicted molar refractivity (Wildman–Crippen MR) is 75.3 cm³/mol. The lowest BCUT2D eigenvalue weighted by molar-refractivity contribution is -0.125. The Hall–Kier alpha value is -1.80. The molecule has 96 valence electrons. The van der Waals surface area contributed by atoms with E-state index in [-0.39, 0.29) is 5.91 Å². The summed E-state index contributed by atoms with van der Waals surface area (Å²) in [5.74, 6) is 0.0653. The molecule has 1 aliphatic heterocycles. The molecule has 0 bridgehead atoms. The number of para-hydroxylation sites is 1. The second-order valence-electron chi connectivity index (χ2n) is 4.77. The quantitative estimate of drug-likeness (QED) is 0.932. The molecule has 0 spiro atoms. The summed E-state index contributed by atoms with van der Waals surface area (Å²) in [6, 6.07) is 8.01. The Morgan fingerprint density at radius 1 is 1.42 bits per heavy atom. The van der Waals surface area contributed by atoms with Crippen molar-refractivity contribution < 1.29 is 4.79 Å². The van der Waals surface area contributed by atoms with Crippen LogP contribution in [0.4, 0.5) is 5.69 Å². The second kappa shape index (κ2) is 4.71. The van der Waals surface area contributed by atoms with E-state index in [0.717, 1.165) is 28.7 Å². The number of anilines is 1. The van der Waals surface area contributed by atoms with Crippen LogP contribution in [0.5, 0.6) is 0 Å². The summed E-state index contributed by atoms with van der Waals surface area (Å²) in [7, 11) is 0. The number of halogens is 1. The Bertz CT molecular complexity index is 614. The maximum atomic E-state index is 11.8. The molecule has 19 heavy (non-hydrogen) atoms. The number of amides is 1. The molecule has 0 atom stereocenters. The molecular weight excluding hydrogens is 306 g/mol. The molecule has 1 N–H and O–H groups in total. The minimum absolute atomic E-state index is 0.0653. The Labute approximate surface area is 119 Å². The van der Waals surface area contributed by atoms with Gasteiger partial charge in [-0.25, -0.2) is 0 Å². The van der Waals surface area contributed by atoms with Crippen molar-refractivity contribution in [3.63, 3.8) is 0 Å². The van der Waals surface area contributed by atoms with Crippen LogP contribution in [0.1, 0.15) is 18.4 Å². The number of nitriles is 1. The summed E-state index contributed by atoms with van der Waals surface area (Å²) in [6.07, 6.45) is 3.83. The van der Waals surface area contributed by atoms with E-state index in [1.54, 1.807) is 12.1 Å². The number of carbonyl (C=O) groups excluding carboxylic acids is 1. The van der Waals surface area contributed by atoms with Crippen LogP contribution in [-0.2, 0) is 4.79 Å². The van der Waals surface area contributed by atoms with E-state index in [1.165, 1.54) is 0 Å². The van der Waals surface area contributed by atoms with E-state index in [2.05, 4.69) is 27.3 Å². The molecule has 1 aliphatic carbocycles. The summed E-state index contributed by atoms with van der Waals surface area (Å²) < 4.78 is 0.824. The van der Waals surface area contributed by atoms with E-state index < -0.39 is 0 Å². The third-order valence-corrected chi connectivity index (χ3v) is 3.99. The number of hydrogen-bond acceptors (Lipinski definition) is 3. The van der Waals surface area contributed by atoms with Gasteiger partial charge >= 0.3 is 0 Å². The predicted octanol–water partition coefficient (Wildman–Crippen LogP) is 2.62. The average Bonchev–Trinajstić information content (AvgIpc) is 3.17. The van der Waals surface area contributed by atoms with Gasteiger partial charge in [0.2, 0.25) is 5.91 Å². The number of nitrogens with zero attached hydrogens (tertiary/aromatic N) is 2. The normalized spacial score (nSPS) is 18.2. The molecule has 5 heteroatoms. The Morgan fingerprint density at radius 2 is 2.21 bits per heavy atom. The van der Waals surface area contributed by atoms with E-state index in [9.17, 15) is 4.79 Å². The van der Waals surface area contributed by atoms with Crippen molar-refractivity contribution in [2.45, 2.75) is 18.9 Å². The molecule has 1 fully saturated rings. The van der Waals surface area contributed by atoms with E-state index in [0.29, 0.717) is 18.2 Å². The van der Waals surface area contributed by atoms with Crippen LogP contribution in [0, 0.1) is 11.3 Å². The molecule has 0 unspecified atom stereocenters.